The predicted octanol–water partition coefficient (Wildman–Crippen LogP) is 3.13. The number of hydrogen-bond donors (Lipinski definition) is 1. The number of carbonyl (C=O) groups is 1. The number of nitrogens with one attached hydrogen (secondary N) is 1. The van der Waals surface area contributed by atoms with Crippen LogP contribution in [0.1, 0.15) is 28.5 Å². The molecule has 1 aromatic heterocycles. The van der Waals surface area contributed by atoms with E-state index in [0.29, 0.717) is 18.8 Å². The van der Waals surface area contributed by atoms with Crippen molar-refractivity contribution >= 4 is 11.6 Å². The van der Waals surface area contributed by atoms with Gasteiger partial charge >= 0.3 is 0 Å². The summed E-state index contributed by atoms with van der Waals surface area (Å²) in [4.78, 5) is 14.8. The highest BCUT2D eigenvalue weighted by atomic mass is 16.5. The fraction of sp³-hybridized carbons (Fsp3) is 0.273. The summed E-state index contributed by atoms with van der Waals surface area (Å²) in [5, 5.41) is 7.80. The van der Waals surface area contributed by atoms with Gasteiger partial charge in [0.15, 0.2) is 11.5 Å². The highest BCUT2D eigenvalue weighted by molar-refractivity contribution is 6.02. The van der Waals surface area contributed by atoms with Crippen molar-refractivity contribution in [3.63, 3.8) is 0 Å². The fourth-order valence-corrected chi connectivity index (χ4v) is 3.94. The average molecular weight is 390 g/mol. The third-order valence-electron chi connectivity index (χ3n) is 5.36. The first-order chi connectivity index (χ1) is 14.1. The molecule has 3 heterocycles. The molecule has 0 aliphatic carbocycles. The lowest BCUT2D eigenvalue weighted by Crippen LogP contribution is -2.44. The minimum absolute atomic E-state index is 0.0860. The molecule has 1 amide bonds. The van der Waals surface area contributed by atoms with E-state index < -0.39 is 0 Å². The van der Waals surface area contributed by atoms with E-state index in [-0.39, 0.29) is 12.1 Å². The number of ether oxygens (including phenoxy) is 2. The Morgan fingerprint density at radius 2 is 1.86 bits per heavy atom. The van der Waals surface area contributed by atoms with E-state index in [1.54, 1.807) is 4.68 Å². The fourth-order valence-electron chi connectivity index (χ4n) is 3.94. The van der Waals surface area contributed by atoms with E-state index in [4.69, 9.17) is 9.47 Å². The average Bonchev–Trinajstić information content (AvgIpc) is 2.97. The lowest BCUT2D eigenvalue weighted by atomic mass is 10.0. The van der Waals surface area contributed by atoms with Crippen LogP contribution in [0.4, 0.5) is 5.69 Å². The number of anilines is 1. The maximum Gasteiger partial charge on any atom is 0.255 e. The van der Waals surface area contributed by atoms with Gasteiger partial charge in [0.1, 0.15) is 6.17 Å². The van der Waals surface area contributed by atoms with Crippen molar-refractivity contribution in [2.45, 2.75) is 12.6 Å². The number of carbonyl (C=O) groups excluding carboxylic acids is 1. The molecule has 1 atom stereocenters. The zero-order valence-electron chi connectivity index (χ0n) is 16.4. The van der Waals surface area contributed by atoms with Gasteiger partial charge in [-0.2, -0.15) is 5.10 Å². The maximum absolute atomic E-state index is 12.7. The highest BCUT2D eigenvalue weighted by Crippen LogP contribution is 2.38. The smallest absolute Gasteiger partial charge is 0.255 e. The second kappa shape index (κ2) is 6.84. The van der Waals surface area contributed by atoms with Crippen LogP contribution in [0.15, 0.2) is 48.7 Å². The van der Waals surface area contributed by atoms with Gasteiger partial charge in [-0.1, -0.05) is 12.1 Å². The van der Waals surface area contributed by atoms with Crippen LogP contribution in [-0.2, 0) is 7.05 Å². The summed E-state index contributed by atoms with van der Waals surface area (Å²) in [6.07, 6.45) is 2.49. The molecule has 5 rings (SSSR count). The predicted molar refractivity (Wildman–Crippen MR) is 109 cm³/mol. The first-order valence-electron chi connectivity index (χ1n) is 9.68. The van der Waals surface area contributed by atoms with Crippen LogP contribution in [-0.4, -0.2) is 35.9 Å². The van der Waals surface area contributed by atoms with Crippen molar-refractivity contribution in [2.24, 2.45) is 7.05 Å². The number of benzene rings is 2. The molecule has 7 nitrogen and oxygen atoms in total. The summed E-state index contributed by atoms with van der Waals surface area (Å²) in [6.45, 7) is 1.28. The van der Waals surface area contributed by atoms with E-state index in [2.05, 4.69) is 15.3 Å². The minimum Gasteiger partial charge on any atom is -0.490 e. The van der Waals surface area contributed by atoms with Gasteiger partial charge in [-0.15, -0.1) is 0 Å². The monoisotopic (exact) mass is 390 g/mol. The van der Waals surface area contributed by atoms with E-state index in [1.807, 2.05) is 62.8 Å². The SMILES string of the molecule is CN1c2ccccc2C(=O)N[C@H]1c1cn(C)nc1-c1ccc2c(c1)OCCCO2. The van der Waals surface area contributed by atoms with Crippen molar-refractivity contribution in [1.82, 2.24) is 15.1 Å². The largest absolute Gasteiger partial charge is 0.490 e. The van der Waals surface area contributed by atoms with Gasteiger partial charge < -0.3 is 19.7 Å². The number of para-hydroxylation sites is 1. The molecule has 148 valence electrons. The molecule has 0 spiro atoms. The third-order valence-corrected chi connectivity index (χ3v) is 5.36. The van der Waals surface area contributed by atoms with Crippen molar-refractivity contribution in [3.05, 3.63) is 59.8 Å². The number of rotatable bonds is 2. The summed E-state index contributed by atoms with van der Waals surface area (Å²) in [7, 11) is 3.86. The van der Waals surface area contributed by atoms with Crippen LogP contribution in [0.25, 0.3) is 11.3 Å². The van der Waals surface area contributed by atoms with Crippen LogP contribution in [0.3, 0.4) is 0 Å². The van der Waals surface area contributed by atoms with Gasteiger partial charge in [-0.25, -0.2) is 0 Å². The Bertz CT molecular complexity index is 1090. The summed E-state index contributed by atoms with van der Waals surface area (Å²) in [5.41, 5.74) is 4.22. The topological polar surface area (TPSA) is 68.6 Å². The summed E-state index contributed by atoms with van der Waals surface area (Å²) in [5.74, 6) is 1.39. The molecule has 7 heteroatoms. The number of aryl methyl sites for hydroxylation is 1. The number of fused-ring (bicyclic) bond motifs is 2. The molecule has 0 radical (unpaired) electrons. The van der Waals surface area contributed by atoms with Crippen LogP contribution in [0.2, 0.25) is 0 Å². The molecule has 3 aromatic rings. The zero-order chi connectivity index (χ0) is 20.0. The van der Waals surface area contributed by atoms with E-state index in [9.17, 15) is 4.79 Å². The molecule has 1 N–H and O–H groups in total. The molecule has 0 unspecified atom stereocenters. The number of hydrogen-bond acceptors (Lipinski definition) is 5. The van der Waals surface area contributed by atoms with Crippen molar-refractivity contribution < 1.29 is 14.3 Å². The standard InChI is InChI=1S/C22H22N4O3/c1-25-13-16(21-23-22(27)15-6-3-4-7-17(15)26(21)2)20(24-25)14-8-9-18-19(12-14)29-11-5-10-28-18/h3-4,6-9,12-13,21H,5,10-11H2,1-2H3,(H,23,27)/t21-/m1/s1. The lowest BCUT2D eigenvalue weighted by molar-refractivity contribution is 0.0928. The second-order valence-electron chi connectivity index (χ2n) is 7.32. The van der Waals surface area contributed by atoms with Crippen LogP contribution >= 0.6 is 0 Å². The summed E-state index contributed by atoms with van der Waals surface area (Å²) < 4.78 is 13.4. The molecule has 29 heavy (non-hydrogen) atoms. The maximum atomic E-state index is 12.7. The molecule has 0 fully saturated rings. The Balaban J connectivity index is 1.57. The van der Waals surface area contributed by atoms with Crippen molar-refractivity contribution in [1.29, 1.82) is 0 Å². The second-order valence-corrected chi connectivity index (χ2v) is 7.32. The van der Waals surface area contributed by atoms with Crippen LogP contribution in [0, 0.1) is 0 Å². The molecule has 2 aromatic carbocycles. The van der Waals surface area contributed by atoms with Crippen molar-refractivity contribution in [3.8, 4) is 22.8 Å². The Hall–Kier alpha value is -3.48. The van der Waals surface area contributed by atoms with Gasteiger partial charge in [0, 0.05) is 37.8 Å². The van der Waals surface area contributed by atoms with Crippen LogP contribution < -0.4 is 19.7 Å². The summed E-state index contributed by atoms with van der Waals surface area (Å²) in [6, 6.07) is 13.5. The van der Waals surface area contributed by atoms with E-state index >= 15 is 0 Å². The molecular weight excluding hydrogens is 368 g/mol. The molecular formula is C22H22N4O3. The third kappa shape index (κ3) is 2.99. The molecule has 0 saturated heterocycles. The Kier molecular flexibility index (Phi) is 4.16. The first kappa shape index (κ1) is 17.6. The highest BCUT2D eigenvalue weighted by Gasteiger charge is 2.32. The normalized spacial score (nSPS) is 18.1. The Labute approximate surface area is 168 Å². The zero-order valence-corrected chi connectivity index (χ0v) is 16.4. The molecule has 0 bridgehead atoms. The first-order valence-corrected chi connectivity index (χ1v) is 9.68. The number of aromatic nitrogens is 2. The van der Waals surface area contributed by atoms with Crippen LogP contribution in [0.5, 0.6) is 11.5 Å². The molecule has 0 saturated carbocycles. The number of nitrogens with zero attached hydrogens (tertiary/aromatic N) is 3. The van der Waals surface area contributed by atoms with Gasteiger partial charge in [-0.05, 0) is 30.3 Å². The number of amides is 1. The Morgan fingerprint density at radius 3 is 2.72 bits per heavy atom. The van der Waals surface area contributed by atoms with Gasteiger partial charge in [0.2, 0.25) is 0 Å². The Morgan fingerprint density at radius 1 is 1.07 bits per heavy atom. The minimum atomic E-state index is -0.322. The van der Waals surface area contributed by atoms with Crippen molar-refractivity contribution in [2.75, 3.05) is 25.2 Å². The van der Waals surface area contributed by atoms with E-state index in [1.165, 1.54) is 0 Å². The van der Waals surface area contributed by atoms with Gasteiger partial charge in [-0.3, -0.25) is 9.48 Å². The summed E-state index contributed by atoms with van der Waals surface area (Å²) >= 11 is 0. The quantitative estimate of drug-likeness (QED) is 0.728. The molecule has 2 aliphatic heterocycles. The van der Waals surface area contributed by atoms with Gasteiger partial charge in [0.05, 0.1) is 30.2 Å². The molecule has 2 aliphatic rings. The lowest BCUT2D eigenvalue weighted by Gasteiger charge is -2.36. The van der Waals surface area contributed by atoms with E-state index in [0.717, 1.165) is 40.4 Å². The van der Waals surface area contributed by atoms with Gasteiger partial charge in [0.25, 0.3) is 5.91 Å².